The monoisotopic (exact) mass is 717 g/mol. The minimum Gasteiger partial charge on any atom is -0.309 e. The summed E-state index contributed by atoms with van der Waals surface area (Å²) in [6, 6.07) is 60.0. The molecule has 0 saturated heterocycles. The molecule has 3 aromatic heterocycles. The van der Waals surface area contributed by atoms with Crippen LogP contribution >= 0.6 is 0 Å². The predicted molar refractivity (Wildman–Crippen MR) is 233 cm³/mol. The first kappa shape index (κ1) is 33.0. The van der Waals surface area contributed by atoms with Crippen LogP contribution in [0.3, 0.4) is 0 Å². The fourth-order valence-electron chi connectivity index (χ4n) is 7.91. The van der Waals surface area contributed by atoms with Gasteiger partial charge in [-0.05, 0) is 77.9 Å². The first-order chi connectivity index (χ1) is 27.7. The number of hydrogen-bond donors (Lipinski definition) is 0. The van der Waals surface area contributed by atoms with E-state index in [1.165, 1.54) is 43.7 Å². The van der Waals surface area contributed by atoms with Crippen molar-refractivity contribution in [2.45, 2.75) is 0 Å². The third-order valence-corrected chi connectivity index (χ3v) is 10.5. The van der Waals surface area contributed by atoms with Crippen molar-refractivity contribution >= 4 is 49.2 Å². The molecule has 0 fully saturated rings. The maximum Gasteiger partial charge on any atom is 0.164 e. The molecule has 0 aliphatic carbocycles. The zero-order chi connectivity index (χ0) is 37.6. The molecule has 10 rings (SSSR count). The summed E-state index contributed by atoms with van der Waals surface area (Å²) < 4.78 is 4.71. The highest BCUT2D eigenvalue weighted by Gasteiger charge is 2.17. The molecule has 0 N–H and O–H groups in total. The highest BCUT2D eigenvalue weighted by Crippen LogP contribution is 2.38. The van der Waals surface area contributed by atoms with E-state index in [2.05, 4.69) is 162 Å². The predicted octanol–water partition coefficient (Wildman–Crippen LogP) is 12.8. The first-order valence-corrected chi connectivity index (χ1v) is 18.7. The summed E-state index contributed by atoms with van der Waals surface area (Å²) >= 11 is 0. The van der Waals surface area contributed by atoms with Crippen molar-refractivity contribution < 1.29 is 0 Å². The molecule has 7 aromatic carbocycles. The van der Waals surface area contributed by atoms with Crippen molar-refractivity contribution in [3.8, 4) is 45.3 Å². The molecule has 5 heteroatoms. The normalized spacial score (nSPS) is 11.8. The number of aromatic nitrogens is 5. The number of hydrogen-bond acceptors (Lipinski definition) is 3. The maximum absolute atomic E-state index is 4.92. The lowest BCUT2D eigenvalue weighted by Crippen LogP contribution is -2.02. The van der Waals surface area contributed by atoms with Crippen LogP contribution in [0.5, 0.6) is 0 Å². The second kappa shape index (κ2) is 13.7. The second-order valence-electron chi connectivity index (χ2n) is 13.8. The number of benzene rings is 7. The molecule has 0 bridgehead atoms. The number of para-hydroxylation sites is 3. The Morgan fingerprint density at radius 2 is 0.911 bits per heavy atom. The highest BCUT2D eigenvalue weighted by molar-refractivity contribution is 6.12. The van der Waals surface area contributed by atoms with Crippen LogP contribution in [0.2, 0.25) is 0 Å². The van der Waals surface area contributed by atoms with Gasteiger partial charge >= 0.3 is 0 Å². The van der Waals surface area contributed by atoms with Crippen molar-refractivity contribution in [1.29, 1.82) is 0 Å². The van der Waals surface area contributed by atoms with Crippen molar-refractivity contribution in [2.75, 3.05) is 0 Å². The van der Waals surface area contributed by atoms with Gasteiger partial charge < -0.3 is 9.13 Å². The molecule has 0 aliphatic rings. The van der Waals surface area contributed by atoms with Gasteiger partial charge in [-0.15, -0.1) is 0 Å². The van der Waals surface area contributed by atoms with Crippen LogP contribution in [-0.4, -0.2) is 24.1 Å². The topological polar surface area (TPSA) is 48.5 Å². The molecule has 0 aliphatic heterocycles. The molecule has 0 unspecified atom stereocenters. The SMILES string of the molecule is C=CC=C(C=C)c1nc(-c2ccccc2)nc(-c2ccc(-n3c4ccccc4c4cc(-c5ccc6c7ccccc7n(-c7ccccc7)c6c5)ccc43)cc2)n1. The van der Waals surface area contributed by atoms with Crippen LogP contribution in [0.15, 0.2) is 201 Å². The molecule has 3 heterocycles. The second-order valence-corrected chi connectivity index (χ2v) is 13.8. The standard InChI is InChI=1S/C51H35N5/c1-3-15-34(4-2)49-52-50(35-16-7-5-8-17-35)54-51(53-49)36-24-28-40(29-25-36)55-46-23-14-12-21-42(46)44-32-37(27-31-47(44)55)38-26-30-43-41-20-11-13-22-45(41)56(48(43)33-38)39-18-9-6-10-19-39/h3-33H,1-2H2. The fourth-order valence-corrected chi connectivity index (χ4v) is 7.91. The van der Waals surface area contributed by atoms with E-state index in [4.69, 9.17) is 15.0 Å². The van der Waals surface area contributed by atoms with E-state index < -0.39 is 0 Å². The molecule has 0 spiro atoms. The van der Waals surface area contributed by atoms with Gasteiger partial charge in [0, 0.05) is 49.6 Å². The molecular weight excluding hydrogens is 683 g/mol. The maximum atomic E-state index is 4.92. The van der Waals surface area contributed by atoms with Crippen molar-refractivity contribution in [1.82, 2.24) is 24.1 Å². The van der Waals surface area contributed by atoms with Crippen LogP contribution < -0.4 is 0 Å². The molecule has 0 amide bonds. The smallest absolute Gasteiger partial charge is 0.164 e. The van der Waals surface area contributed by atoms with Gasteiger partial charge in [0.15, 0.2) is 17.5 Å². The highest BCUT2D eigenvalue weighted by atomic mass is 15.0. The summed E-state index contributed by atoms with van der Waals surface area (Å²) in [7, 11) is 0. The minimum absolute atomic E-state index is 0.548. The number of nitrogens with zero attached hydrogens (tertiary/aromatic N) is 5. The molecule has 0 saturated carbocycles. The Balaban J connectivity index is 1.08. The largest absolute Gasteiger partial charge is 0.309 e. The Labute approximate surface area is 324 Å². The summed E-state index contributed by atoms with van der Waals surface area (Å²) in [6.45, 7) is 7.85. The van der Waals surface area contributed by atoms with Gasteiger partial charge in [-0.25, -0.2) is 15.0 Å². The quantitative estimate of drug-likeness (QED) is 0.147. The van der Waals surface area contributed by atoms with Crippen molar-refractivity contribution in [2.24, 2.45) is 0 Å². The van der Waals surface area contributed by atoms with Crippen LogP contribution in [0.1, 0.15) is 5.82 Å². The van der Waals surface area contributed by atoms with Gasteiger partial charge in [0.25, 0.3) is 0 Å². The molecular formula is C51H35N5. The number of allylic oxidation sites excluding steroid dienone is 4. The van der Waals surface area contributed by atoms with Gasteiger partial charge in [0.2, 0.25) is 0 Å². The first-order valence-electron chi connectivity index (χ1n) is 18.7. The third kappa shape index (κ3) is 5.53. The van der Waals surface area contributed by atoms with Gasteiger partial charge in [0.1, 0.15) is 0 Å². The molecule has 0 radical (unpaired) electrons. The molecule has 10 aromatic rings. The van der Waals surface area contributed by atoms with E-state index in [1.807, 2.05) is 36.4 Å². The zero-order valence-electron chi connectivity index (χ0n) is 30.5. The molecule has 264 valence electrons. The lowest BCUT2D eigenvalue weighted by molar-refractivity contribution is 1.04. The summed E-state index contributed by atoms with van der Waals surface area (Å²) in [4.78, 5) is 14.6. The van der Waals surface area contributed by atoms with Crippen LogP contribution in [-0.2, 0) is 0 Å². The fraction of sp³-hybridized carbons (Fsp3) is 0. The summed E-state index contributed by atoms with van der Waals surface area (Å²) in [5.74, 6) is 1.74. The van der Waals surface area contributed by atoms with E-state index in [0.717, 1.165) is 39.1 Å². The van der Waals surface area contributed by atoms with Crippen molar-refractivity contribution in [3.05, 3.63) is 207 Å². The number of rotatable bonds is 8. The van der Waals surface area contributed by atoms with E-state index in [-0.39, 0.29) is 0 Å². The summed E-state index contributed by atoms with van der Waals surface area (Å²) in [6.07, 6.45) is 5.33. The Bertz CT molecular complexity index is 3150. The molecule has 5 nitrogen and oxygen atoms in total. The zero-order valence-corrected chi connectivity index (χ0v) is 30.5. The van der Waals surface area contributed by atoms with E-state index >= 15 is 0 Å². The third-order valence-electron chi connectivity index (χ3n) is 10.5. The Kier molecular flexibility index (Phi) is 8.04. The summed E-state index contributed by atoms with van der Waals surface area (Å²) in [5.41, 5.74) is 11.8. The average molecular weight is 718 g/mol. The van der Waals surface area contributed by atoms with E-state index in [9.17, 15) is 0 Å². The Morgan fingerprint density at radius 1 is 0.411 bits per heavy atom. The molecule has 56 heavy (non-hydrogen) atoms. The minimum atomic E-state index is 0.548. The van der Waals surface area contributed by atoms with Crippen LogP contribution in [0.25, 0.3) is 94.5 Å². The number of fused-ring (bicyclic) bond motifs is 6. The van der Waals surface area contributed by atoms with Crippen molar-refractivity contribution in [3.63, 3.8) is 0 Å². The van der Waals surface area contributed by atoms with Crippen LogP contribution in [0, 0.1) is 0 Å². The van der Waals surface area contributed by atoms with Gasteiger partial charge in [-0.3, -0.25) is 0 Å². The van der Waals surface area contributed by atoms with Gasteiger partial charge in [-0.2, -0.15) is 0 Å². The van der Waals surface area contributed by atoms with E-state index in [1.54, 1.807) is 12.2 Å². The molecule has 0 atom stereocenters. The van der Waals surface area contributed by atoms with Gasteiger partial charge in [0.05, 0.1) is 22.1 Å². The Hall–Kier alpha value is -7.63. The average Bonchev–Trinajstić information content (AvgIpc) is 3.78. The summed E-state index contributed by atoms with van der Waals surface area (Å²) in [5, 5.41) is 4.90. The van der Waals surface area contributed by atoms with Crippen LogP contribution in [0.4, 0.5) is 0 Å². The lowest BCUT2D eigenvalue weighted by atomic mass is 10.0. The van der Waals surface area contributed by atoms with Gasteiger partial charge in [-0.1, -0.05) is 135 Å². The Morgan fingerprint density at radius 3 is 1.59 bits per heavy atom. The lowest BCUT2D eigenvalue weighted by Gasteiger charge is -2.11. The van der Waals surface area contributed by atoms with E-state index in [0.29, 0.717) is 17.5 Å².